The minimum Gasteiger partial charge on any atom is -0.377 e. The van der Waals surface area contributed by atoms with E-state index in [2.05, 4.69) is 5.32 Å². The standard InChI is InChI=1S/C12H23NO/c1-2-4-7-11(6-3-1)13-10-12-8-5-9-14-12/h11-13H,1-10H2/t12-/m1/s1. The molecule has 1 saturated carbocycles. The Morgan fingerprint density at radius 2 is 1.71 bits per heavy atom. The van der Waals surface area contributed by atoms with Gasteiger partial charge in [-0.1, -0.05) is 25.7 Å². The van der Waals surface area contributed by atoms with Gasteiger partial charge in [0.2, 0.25) is 0 Å². The summed E-state index contributed by atoms with van der Waals surface area (Å²) in [5.74, 6) is 0. The molecule has 0 aromatic rings. The van der Waals surface area contributed by atoms with Gasteiger partial charge in [-0.25, -0.2) is 0 Å². The van der Waals surface area contributed by atoms with Crippen molar-refractivity contribution in [2.24, 2.45) is 0 Å². The van der Waals surface area contributed by atoms with Crippen LogP contribution >= 0.6 is 0 Å². The summed E-state index contributed by atoms with van der Waals surface area (Å²) in [6.07, 6.45) is 11.5. The fraction of sp³-hybridized carbons (Fsp3) is 1.00. The maximum atomic E-state index is 5.61. The SMILES string of the molecule is C1CCCC(NC[C@H]2CCCO2)CC1. The summed E-state index contributed by atoms with van der Waals surface area (Å²) >= 11 is 0. The van der Waals surface area contributed by atoms with Gasteiger partial charge < -0.3 is 10.1 Å². The van der Waals surface area contributed by atoms with Crippen molar-refractivity contribution in [3.05, 3.63) is 0 Å². The Morgan fingerprint density at radius 1 is 0.929 bits per heavy atom. The summed E-state index contributed by atoms with van der Waals surface area (Å²) in [5.41, 5.74) is 0. The van der Waals surface area contributed by atoms with E-state index in [4.69, 9.17) is 4.74 Å². The Balaban J connectivity index is 1.62. The monoisotopic (exact) mass is 197 g/mol. The van der Waals surface area contributed by atoms with Crippen molar-refractivity contribution in [1.29, 1.82) is 0 Å². The van der Waals surface area contributed by atoms with Crippen LogP contribution in [-0.4, -0.2) is 25.3 Å². The molecule has 0 aromatic heterocycles. The van der Waals surface area contributed by atoms with E-state index in [-0.39, 0.29) is 0 Å². The van der Waals surface area contributed by atoms with Crippen molar-refractivity contribution in [3.63, 3.8) is 0 Å². The maximum absolute atomic E-state index is 5.61. The predicted octanol–water partition coefficient (Wildman–Crippen LogP) is 2.48. The van der Waals surface area contributed by atoms with Gasteiger partial charge in [-0.3, -0.25) is 0 Å². The quantitative estimate of drug-likeness (QED) is 0.702. The minimum atomic E-state index is 0.512. The Kier molecular flexibility index (Phi) is 4.26. The third kappa shape index (κ3) is 3.25. The molecule has 2 aliphatic rings. The van der Waals surface area contributed by atoms with Gasteiger partial charge in [-0.15, -0.1) is 0 Å². The normalized spacial score (nSPS) is 30.4. The van der Waals surface area contributed by atoms with E-state index in [0.717, 1.165) is 19.2 Å². The summed E-state index contributed by atoms with van der Waals surface area (Å²) in [4.78, 5) is 0. The number of ether oxygens (including phenoxy) is 1. The molecule has 0 spiro atoms. The molecule has 1 heterocycles. The van der Waals surface area contributed by atoms with E-state index >= 15 is 0 Å². The maximum Gasteiger partial charge on any atom is 0.0700 e. The first kappa shape index (κ1) is 10.4. The first-order chi connectivity index (χ1) is 6.95. The molecule has 2 rings (SSSR count). The molecule has 0 unspecified atom stereocenters. The molecular formula is C12H23NO. The van der Waals surface area contributed by atoms with Crippen molar-refractivity contribution in [2.45, 2.75) is 63.5 Å². The van der Waals surface area contributed by atoms with Gasteiger partial charge in [0.15, 0.2) is 0 Å². The lowest BCUT2D eigenvalue weighted by molar-refractivity contribution is 0.107. The lowest BCUT2D eigenvalue weighted by Crippen LogP contribution is -2.35. The molecule has 1 N–H and O–H groups in total. The third-order valence-electron chi connectivity index (χ3n) is 3.51. The van der Waals surface area contributed by atoms with Crippen molar-refractivity contribution < 1.29 is 4.74 Å². The Hall–Kier alpha value is -0.0800. The lowest BCUT2D eigenvalue weighted by atomic mass is 10.1. The van der Waals surface area contributed by atoms with E-state index in [1.807, 2.05) is 0 Å². The average molecular weight is 197 g/mol. The Labute approximate surface area is 87.4 Å². The molecule has 1 atom stereocenters. The van der Waals surface area contributed by atoms with Gasteiger partial charge in [0, 0.05) is 19.2 Å². The molecular weight excluding hydrogens is 174 g/mol. The number of hydrogen-bond donors (Lipinski definition) is 1. The zero-order chi connectivity index (χ0) is 9.64. The molecule has 14 heavy (non-hydrogen) atoms. The van der Waals surface area contributed by atoms with E-state index in [0.29, 0.717) is 6.10 Å². The van der Waals surface area contributed by atoms with Gasteiger partial charge in [0.05, 0.1) is 6.10 Å². The van der Waals surface area contributed by atoms with Crippen LogP contribution < -0.4 is 5.32 Å². The highest BCUT2D eigenvalue weighted by atomic mass is 16.5. The van der Waals surface area contributed by atoms with Crippen LogP contribution in [0.3, 0.4) is 0 Å². The second-order valence-corrected chi connectivity index (χ2v) is 4.73. The number of rotatable bonds is 3. The molecule has 2 fully saturated rings. The van der Waals surface area contributed by atoms with Crippen molar-refractivity contribution >= 4 is 0 Å². The molecule has 0 bridgehead atoms. The van der Waals surface area contributed by atoms with Crippen molar-refractivity contribution in [1.82, 2.24) is 5.32 Å². The molecule has 1 aliphatic carbocycles. The number of nitrogens with one attached hydrogen (secondary N) is 1. The van der Waals surface area contributed by atoms with E-state index in [1.54, 1.807) is 0 Å². The highest BCUT2D eigenvalue weighted by Gasteiger charge is 2.17. The van der Waals surface area contributed by atoms with Crippen molar-refractivity contribution in [3.8, 4) is 0 Å². The lowest BCUT2D eigenvalue weighted by Gasteiger charge is -2.18. The van der Waals surface area contributed by atoms with E-state index in [9.17, 15) is 0 Å². The smallest absolute Gasteiger partial charge is 0.0700 e. The zero-order valence-electron chi connectivity index (χ0n) is 9.13. The molecule has 0 amide bonds. The fourth-order valence-electron chi connectivity index (χ4n) is 2.59. The Morgan fingerprint density at radius 3 is 2.36 bits per heavy atom. The molecule has 1 saturated heterocycles. The molecule has 0 aromatic carbocycles. The second kappa shape index (κ2) is 5.72. The number of hydrogen-bond acceptors (Lipinski definition) is 2. The van der Waals surface area contributed by atoms with Gasteiger partial charge >= 0.3 is 0 Å². The summed E-state index contributed by atoms with van der Waals surface area (Å²) in [6.45, 7) is 2.07. The Bertz CT molecular complexity index is 146. The second-order valence-electron chi connectivity index (χ2n) is 4.73. The van der Waals surface area contributed by atoms with E-state index in [1.165, 1.54) is 51.4 Å². The van der Waals surface area contributed by atoms with Crippen LogP contribution in [0, 0.1) is 0 Å². The summed E-state index contributed by atoms with van der Waals surface area (Å²) in [7, 11) is 0. The largest absolute Gasteiger partial charge is 0.377 e. The fourth-order valence-corrected chi connectivity index (χ4v) is 2.59. The molecule has 0 radical (unpaired) electrons. The molecule has 2 nitrogen and oxygen atoms in total. The van der Waals surface area contributed by atoms with Crippen LogP contribution in [0.25, 0.3) is 0 Å². The van der Waals surface area contributed by atoms with Crippen LogP contribution in [0.15, 0.2) is 0 Å². The summed E-state index contributed by atoms with van der Waals surface area (Å²) < 4.78 is 5.61. The van der Waals surface area contributed by atoms with Crippen LogP contribution in [0.2, 0.25) is 0 Å². The molecule has 82 valence electrons. The highest BCUT2D eigenvalue weighted by molar-refractivity contribution is 4.74. The minimum absolute atomic E-state index is 0.512. The molecule has 1 aliphatic heterocycles. The van der Waals surface area contributed by atoms with Crippen molar-refractivity contribution in [2.75, 3.05) is 13.2 Å². The third-order valence-corrected chi connectivity index (χ3v) is 3.51. The summed E-state index contributed by atoms with van der Waals surface area (Å²) in [6, 6.07) is 0.779. The predicted molar refractivity (Wildman–Crippen MR) is 58.5 cm³/mol. The van der Waals surface area contributed by atoms with Crippen LogP contribution in [-0.2, 0) is 4.74 Å². The topological polar surface area (TPSA) is 21.3 Å². The van der Waals surface area contributed by atoms with Gasteiger partial charge in [-0.05, 0) is 25.7 Å². The van der Waals surface area contributed by atoms with Crippen LogP contribution in [0.1, 0.15) is 51.4 Å². The average Bonchev–Trinajstić information content (AvgIpc) is 2.58. The van der Waals surface area contributed by atoms with Crippen LogP contribution in [0.4, 0.5) is 0 Å². The summed E-state index contributed by atoms with van der Waals surface area (Å²) in [5, 5.41) is 3.68. The van der Waals surface area contributed by atoms with Gasteiger partial charge in [0.1, 0.15) is 0 Å². The van der Waals surface area contributed by atoms with Gasteiger partial charge in [0.25, 0.3) is 0 Å². The first-order valence-corrected chi connectivity index (χ1v) is 6.30. The first-order valence-electron chi connectivity index (χ1n) is 6.30. The highest BCUT2D eigenvalue weighted by Crippen LogP contribution is 2.18. The van der Waals surface area contributed by atoms with Gasteiger partial charge in [-0.2, -0.15) is 0 Å². The zero-order valence-corrected chi connectivity index (χ0v) is 9.13. The molecule has 2 heteroatoms. The van der Waals surface area contributed by atoms with Crippen LogP contribution in [0.5, 0.6) is 0 Å². The van der Waals surface area contributed by atoms with E-state index < -0.39 is 0 Å².